The molecule has 0 amide bonds. The maximum atomic E-state index is 5.59. The maximum Gasteiger partial charge on any atom is 0.161 e. The molecule has 0 saturated heterocycles. The predicted octanol–water partition coefficient (Wildman–Crippen LogP) is 2.46. The van der Waals surface area contributed by atoms with E-state index in [1.54, 1.807) is 0 Å². The molecule has 1 aromatic carbocycles. The van der Waals surface area contributed by atoms with E-state index in [0.29, 0.717) is 19.8 Å². The quantitative estimate of drug-likeness (QED) is 0.879. The van der Waals surface area contributed by atoms with Crippen molar-refractivity contribution < 1.29 is 9.47 Å². The summed E-state index contributed by atoms with van der Waals surface area (Å²) >= 11 is 1.49. The Hall–Kier alpha value is -1.66. The van der Waals surface area contributed by atoms with Gasteiger partial charge in [-0.3, -0.25) is 0 Å². The van der Waals surface area contributed by atoms with Gasteiger partial charge in [0.1, 0.15) is 10.0 Å². The summed E-state index contributed by atoms with van der Waals surface area (Å²) in [5.41, 5.74) is 6.51. The molecule has 0 radical (unpaired) electrons. The van der Waals surface area contributed by atoms with E-state index >= 15 is 0 Å². The van der Waals surface area contributed by atoms with Crippen LogP contribution in [-0.2, 0) is 6.54 Å². The lowest BCUT2D eigenvalue weighted by Gasteiger charge is -2.11. The lowest BCUT2D eigenvalue weighted by Crippen LogP contribution is -1.98. The van der Waals surface area contributed by atoms with E-state index in [0.717, 1.165) is 27.1 Å². The van der Waals surface area contributed by atoms with Crippen LogP contribution < -0.4 is 15.2 Å². The summed E-state index contributed by atoms with van der Waals surface area (Å²) in [4.78, 5) is 0. The number of rotatable bonds is 6. The third-order valence-electron chi connectivity index (χ3n) is 2.43. The van der Waals surface area contributed by atoms with E-state index in [1.807, 2.05) is 32.0 Å². The molecule has 5 nitrogen and oxygen atoms in total. The zero-order valence-corrected chi connectivity index (χ0v) is 11.9. The van der Waals surface area contributed by atoms with Crippen molar-refractivity contribution in [3.63, 3.8) is 0 Å². The Balaban J connectivity index is 2.33. The molecule has 0 aliphatic carbocycles. The van der Waals surface area contributed by atoms with Crippen LogP contribution in [-0.4, -0.2) is 23.4 Å². The number of ether oxygens (including phenoxy) is 2. The van der Waals surface area contributed by atoms with Gasteiger partial charge >= 0.3 is 0 Å². The molecule has 1 aromatic heterocycles. The second-order valence-corrected chi connectivity index (χ2v) is 4.79. The fourth-order valence-corrected chi connectivity index (χ4v) is 2.35. The van der Waals surface area contributed by atoms with Crippen molar-refractivity contribution in [1.82, 2.24) is 10.2 Å². The summed E-state index contributed by atoms with van der Waals surface area (Å²) in [7, 11) is 0. The molecule has 1 heterocycles. The molecule has 2 rings (SSSR count). The zero-order valence-electron chi connectivity index (χ0n) is 11.0. The number of nitrogens with zero attached hydrogens (tertiary/aromatic N) is 2. The van der Waals surface area contributed by atoms with Gasteiger partial charge in [0.25, 0.3) is 0 Å². The van der Waals surface area contributed by atoms with Crippen molar-refractivity contribution in [2.24, 2.45) is 5.73 Å². The van der Waals surface area contributed by atoms with E-state index in [4.69, 9.17) is 15.2 Å². The van der Waals surface area contributed by atoms with Gasteiger partial charge in [-0.05, 0) is 32.0 Å². The van der Waals surface area contributed by atoms with Crippen LogP contribution in [0.4, 0.5) is 0 Å². The number of hydrogen-bond donors (Lipinski definition) is 1. The highest BCUT2D eigenvalue weighted by Gasteiger charge is 2.10. The van der Waals surface area contributed by atoms with E-state index < -0.39 is 0 Å². The van der Waals surface area contributed by atoms with Gasteiger partial charge in [-0.25, -0.2) is 0 Å². The third kappa shape index (κ3) is 3.21. The largest absolute Gasteiger partial charge is 0.490 e. The highest BCUT2D eigenvalue weighted by Crippen LogP contribution is 2.33. The smallest absolute Gasteiger partial charge is 0.161 e. The number of hydrogen-bond acceptors (Lipinski definition) is 6. The van der Waals surface area contributed by atoms with Crippen molar-refractivity contribution in [2.75, 3.05) is 13.2 Å². The van der Waals surface area contributed by atoms with E-state index in [-0.39, 0.29) is 0 Å². The van der Waals surface area contributed by atoms with Crippen molar-refractivity contribution in [2.45, 2.75) is 20.4 Å². The molecule has 0 fully saturated rings. The minimum atomic E-state index is 0.410. The Morgan fingerprint density at radius 1 is 1.11 bits per heavy atom. The number of benzene rings is 1. The minimum Gasteiger partial charge on any atom is -0.490 e. The van der Waals surface area contributed by atoms with E-state index in [1.165, 1.54) is 11.3 Å². The topological polar surface area (TPSA) is 70.3 Å². The Labute approximate surface area is 116 Å². The van der Waals surface area contributed by atoms with Crippen molar-refractivity contribution in [3.8, 4) is 22.1 Å². The molecule has 0 bridgehead atoms. The highest BCUT2D eigenvalue weighted by atomic mass is 32.1. The molecule has 19 heavy (non-hydrogen) atoms. The monoisotopic (exact) mass is 279 g/mol. The lowest BCUT2D eigenvalue weighted by molar-refractivity contribution is 0.288. The van der Waals surface area contributed by atoms with E-state index in [2.05, 4.69) is 10.2 Å². The highest BCUT2D eigenvalue weighted by molar-refractivity contribution is 7.14. The van der Waals surface area contributed by atoms with Gasteiger partial charge in [0.05, 0.1) is 13.2 Å². The summed E-state index contributed by atoms with van der Waals surface area (Å²) < 4.78 is 11.1. The standard InChI is InChI=1S/C13H17N3O2S/c1-3-17-10-6-5-9(7-11(10)18-4-2)13-16-15-12(8-14)19-13/h5-7H,3-4,8,14H2,1-2H3. The Morgan fingerprint density at radius 2 is 1.84 bits per heavy atom. The van der Waals surface area contributed by atoms with Crippen LogP contribution in [0.3, 0.4) is 0 Å². The van der Waals surface area contributed by atoms with Crippen LogP contribution in [0.2, 0.25) is 0 Å². The molecule has 0 atom stereocenters. The van der Waals surface area contributed by atoms with Gasteiger partial charge in [0.15, 0.2) is 11.5 Å². The Morgan fingerprint density at radius 3 is 2.47 bits per heavy atom. The lowest BCUT2D eigenvalue weighted by atomic mass is 10.2. The summed E-state index contributed by atoms with van der Waals surface area (Å²) in [6.45, 7) is 5.50. The van der Waals surface area contributed by atoms with Crippen LogP contribution in [0, 0.1) is 0 Å². The molecule has 2 aromatic rings. The first kappa shape index (κ1) is 13.8. The maximum absolute atomic E-state index is 5.59. The van der Waals surface area contributed by atoms with Gasteiger partial charge in [-0.1, -0.05) is 11.3 Å². The molecular weight excluding hydrogens is 262 g/mol. The fourth-order valence-electron chi connectivity index (χ4n) is 1.64. The molecule has 0 spiro atoms. The van der Waals surface area contributed by atoms with E-state index in [9.17, 15) is 0 Å². The number of aromatic nitrogens is 2. The first-order valence-corrected chi connectivity index (χ1v) is 7.02. The van der Waals surface area contributed by atoms with Crippen LogP contribution in [0.25, 0.3) is 10.6 Å². The molecule has 0 saturated carbocycles. The summed E-state index contributed by atoms with van der Waals surface area (Å²) in [6, 6.07) is 5.77. The zero-order chi connectivity index (χ0) is 13.7. The second kappa shape index (κ2) is 6.49. The SMILES string of the molecule is CCOc1ccc(-c2nnc(CN)s2)cc1OCC. The molecule has 0 aliphatic heterocycles. The summed E-state index contributed by atoms with van der Waals surface area (Å²) in [5.74, 6) is 1.48. The first-order chi connectivity index (χ1) is 9.28. The van der Waals surface area contributed by atoms with Gasteiger partial charge in [-0.2, -0.15) is 0 Å². The molecule has 0 aliphatic rings. The first-order valence-electron chi connectivity index (χ1n) is 6.21. The second-order valence-electron chi connectivity index (χ2n) is 3.73. The summed E-state index contributed by atoms with van der Waals surface area (Å²) in [5, 5.41) is 9.80. The van der Waals surface area contributed by atoms with Crippen molar-refractivity contribution in [1.29, 1.82) is 0 Å². The van der Waals surface area contributed by atoms with Gasteiger partial charge in [-0.15, -0.1) is 10.2 Å². The Kier molecular flexibility index (Phi) is 4.70. The van der Waals surface area contributed by atoms with Gasteiger partial charge in [0.2, 0.25) is 0 Å². The minimum absolute atomic E-state index is 0.410. The van der Waals surface area contributed by atoms with Crippen LogP contribution in [0.15, 0.2) is 18.2 Å². The number of nitrogens with two attached hydrogens (primary N) is 1. The normalized spacial score (nSPS) is 10.5. The molecule has 102 valence electrons. The fraction of sp³-hybridized carbons (Fsp3) is 0.385. The molecular formula is C13H17N3O2S. The predicted molar refractivity (Wildman–Crippen MR) is 75.6 cm³/mol. The van der Waals surface area contributed by atoms with Gasteiger partial charge < -0.3 is 15.2 Å². The van der Waals surface area contributed by atoms with Gasteiger partial charge in [0, 0.05) is 12.1 Å². The molecule has 0 unspecified atom stereocenters. The van der Waals surface area contributed by atoms with Crippen LogP contribution >= 0.6 is 11.3 Å². The molecule has 2 N–H and O–H groups in total. The average Bonchev–Trinajstić information content (AvgIpc) is 2.90. The Bertz CT molecular complexity index is 542. The molecule has 6 heteroatoms. The van der Waals surface area contributed by atoms with Crippen molar-refractivity contribution >= 4 is 11.3 Å². The van der Waals surface area contributed by atoms with Crippen LogP contribution in [0.1, 0.15) is 18.9 Å². The van der Waals surface area contributed by atoms with Crippen LogP contribution in [0.5, 0.6) is 11.5 Å². The summed E-state index contributed by atoms with van der Waals surface area (Å²) in [6.07, 6.45) is 0. The average molecular weight is 279 g/mol. The van der Waals surface area contributed by atoms with Crippen molar-refractivity contribution in [3.05, 3.63) is 23.2 Å². The third-order valence-corrected chi connectivity index (χ3v) is 3.43.